The number of hydrogen-bond acceptors (Lipinski definition) is 6. The van der Waals surface area contributed by atoms with E-state index in [1.165, 1.54) is 128 Å². The van der Waals surface area contributed by atoms with E-state index in [-0.39, 0.29) is 31.1 Å². The molecule has 6 heteroatoms. The number of carbonyl (C=O) groups excluding carboxylic acids is 3. The molecule has 0 aromatic heterocycles. The van der Waals surface area contributed by atoms with E-state index in [0.717, 1.165) is 103 Å². The fourth-order valence-corrected chi connectivity index (χ4v) is 8.08. The van der Waals surface area contributed by atoms with Crippen LogP contribution in [0.25, 0.3) is 0 Å². The van der Waals surface area contributed by atoms with E-state index in [4.69, 9.17) is 14.2 Å². The quantitative estimate of drug-likeness (QED) is 0.0199. The van der Waals surface area contributed by atoms with Gasteiger partial charge in [0, 0.05) is 19.3 Å². The lowest BCUT2D eigenvalue weighted by molar-refractivity contribution is -0.167. The van der Waals surface area contributed by atoms with Gasteiger partial charge >= 0.3 is 17.9 Å². The van der Waals surface area contributed by atoms with Crippen LogP contribution >= 0.6 is 0 Å². The Morgan fingerprint density at radius 2 is 0.643 bits per heavy atom. The van der Waals surface area contributed by atoms with E-state index in [2.05, 4.69) is 93.7 Å². The molecular weight excluding hydrogens is 865 g/mol. The fourth-order valence-electron chi connectivity index (χ4n) is 8.08. The summed E-state index contributed by atoms with van der Waals surface area (Å²) >= 11 is 0. The van der Waals surface area contributed by atoms with Crippen molar-refractivity contribution in [3.8, 4) is 0 Å². The van der Waals surface area contributed by atoms with Gasteiger partial charge in [-0.05, 0) is 70.6 Å². The van der Waals surface area contributed by atoms with Crippen LogP contribution in [0.2, 0.25) is 0 Å². The van der Waals surface area contributed by atoms with Gasteiger partial charge in [-0.25, -0.2) is 0 Å². The molecule has 400 valence electrons. The highest BCUT2D eigenvalue weighted by molar-refractivity contribution is 5.71. The van der Waals surface area contributed by atoms with Gasteiger partial charge in [-0.1, -0.05) is 279 Å². The third-order valence-electron chi connectivity index (χ3n) is 12.4. The van der Waals surface area contributed by atoms with Crippen molar-refractivity contribution in [3.63, 3.8) is 0 Å². The van der Waals surface area contributed by atoms with Gasteiger partial charge in [0.25, 0.3) is 0 Å². The van der Waals surface area contributed by atoms with E-state index >= 15 is 0 Å². The van der Waals surface area contributed by atoms with Crippen molar-refractivity contribution >= 4 is 17.9 Å². The van der Waals surface area contributed by atoms with Crippen LogP contribution in [0.3, 0.4) is 0 Å². The zero-order chi connectivity index (χ0) is 50.7. The van der Waals surface area contributed by atoms with Crippen LogP contribution in [0.4, 0.5) is 0 Å². The molecule has 0 saturated carbocycles. The second kappa shape index (κ2) is 57.9. The molecule has 6 nitrogen and oxygen atoms in total. The Morgan fingerprint density at radius 3 is 1.06 bits per heavy atom. The first-order valence-corrected chi connectivity index (χ1v) is 29.3. The highest BCUT2D eigenvalue weighted by Gasteiger charge is 2.19. The molecule has 0 amide bonds. The van der Waals surface area contributed by atoms with Crippen LogP contribution in [-0.4, -0.2) is 37.2 Å². The Bertz CT molecular complexity index is 1400. The summed E-state index contributed by atoms with van der Waals surface area (Å²) in [4.78, 5) is 38.2. The molecule has 0 fully saturated rings. The van der Waals surface area contributed by atoms with Gasteiger partial charge in [0.15, 0.2) is 6.10 Å². The molecule has 0 spiro atoms. The van der Waals surface area contributed by atoms with Crippen LogP contribution in [0.1, 0.15) is 271 Å². The molecule has 0 N–H and O–H groups in total. The van der Waals surface area contributed by atoms with Gasteiger partial charge in [0.1, 0.15) is 13.2 Å². The van der Waals surface area contributed by atoms with Crippen LogP contribution < -0.4 is 0 Å². The Labute approximate surface area is 432 Å². The fraction of sp³-hybridized carbons (Fsp3) is 0.703. The maximum atomic E-state index is 12.9. The van der Waals surface area contributed by atoms with Gasteiger partial charge < -0.3 is 14.2 Å². The summed E-state index contributed by atoms with van der Waals surface area (Å²) in [6.07, 6.45) is 76.7. The Balaban J connectivity index is 4.44. The normalized spacial score (nSPS) is 12.8. The maximum Gasteiger partial charge on any atom is 0.306 e. The molecule has 0 aliphatic heterocycles. The monoisotopic (exact) mass is 973 g/mol. The minimum absolute atomic E-state index is 0.0882. The first-order chi connectivity index (χ1) is 34.5. The van der Waals surface area contributed by atoms with E-state index in [1.807, 2.05) is 24.3 Å². The Kier molecular flexibility index (Phi) is 54.9. The molecule has 1 atom stereocenters. The largest absolute Gasteiger partial charge is 0.462 e. The van der Waals surface area contributed by atoms with E-state index in [9.17, 15) is 14.4 Å². The third-order valence-corrected chi connectivity index (χ3v) is 12.4. The molecule has 0 bridgehead atoms. The molecule has 0 saturated heterocycles. The highest BCUT2D eigenvalue weighted by Crippen LogP contribution is 2.16. The second-order valence-electron chi connectivity index (χ2n) is 19.3. The number of hydrogen-bond donors (Lipinski definition) is 0. The molecule has 0 aliphatic rings. The van der Waals surface area contributed by atoms with Crippen molar-refractivity contribution in [3.05, 3.63) is 97.2 Å². The molecule has 0 heterocycles. The number of carbonyl (C=O) groups is 3. The van der Waals surface area contributed by atoms with E-state index in [1.54, 1.807) is 0 Å². The lowest BCUT2D eigenvalue weighted by atomic mass is 10.0. The Morgan fingerprint density at radius 1 is 0.314 bits per heavy atom. The SMILES string of the molecule is CC/C=C\C/C=C\C/C=C\CCCCCCCCCCCC(=O)OCC(COC(=O)CCCCCCCCCCCCCCCCC)OC(=O)CCCCCCC\C=C/C=C\C=C/C=C\C=C/CCC. The standard InChI is InChI=1S/C64H108O6/c1-4-7-10-13-16-19-22-25-28-30-32-34-36-39-42-45-48-51-54-57-63(66)69-60-61(59-68-62(65)56-53-50-47-44-41-38-35-27-24-21-18-15-12-9-6-3)70-64(67)58-55-52-49-46-43-40-37-33-31-29-26-23-20-17-14-11-8-5-2/h7,10-11,14,16-17,19-20,23,25-26,28-29,31,33,37,61H,4-6,8-9,12-13,15,18,21-22,24,27,30,32,34-36,38-60H2,1-3H3/b10-7-,14-11-,19-16-,20-17-,26-23-,28-25-,31-29-,37-33-. The number of allylic oxidation sites excluding steroid dienone is 16. The summed E-state index contributed by atoms with van der Waals surface area (Å²) in [5, 5.41) is 0. The molecule has 0 aromatic carbocycles. The lowest BCUT2D eigenvalue weighted by Gasteiger charge is -2.18. The molecule has 0 aliphatic carbocycles. The minimum Gasteiger partial charge on any atom is -0.462 e. The third kappa shape index (κ3) is 55.3. The number of unbranched alkanes of at least 4 members (excludes halogenated alkanes) is 29. The van der Waals surface area contributed by atoms with Gasteiger partial charge in [0.2, 0.25) is 0 Å². The summed E-state index contributed by atoms with van der Waals surface area (Å²) in [7, 11) is 0. The van der Waals surface area contributed by atoms with E-state index < -0.39 is 6.10 Å². The van der Waals surface area contributed by atoms with Crippen LogP contribution in [0.15, 0.2) is 97.2 Å². The van der Waals surface area contributed by atoms with Crippen molar-refractivity contribution in [2.45, 2.75) is 277 Å². The summed E-state index contributed by atoms with van der Waals surface area (Å²) in [6.45, 7) is 6.44. The van der Waals surface area contributed by atoms with Crippen molar-refractivity contribution in [1.29, 1.82) is 0 Å². The molecule has 0 rings (SSSR count). The van der Waals surface area contributed by atoms with Gasteiger partial charge in [0.05, 0.1) is 0 Å². The van der Waals surface area contributed by atoms with Crippen molar-refractivity contribution < 1.29 is 28.6 Å². The van der Waals surface area contributed by atoms with Gasteiger partial charge in [-0.15, -0.1) is 0 Å². The van der Waals surface area contributed by atoms with Crippen LogP contribution in [0, 0.1) is 0 Å². The van der Waals surface area contributed by atoms with Crippen molar-refractivity contribution in [1.82, 2.24) is 0 Å². The summed E-state index contributed by atoms with van der Waals surface area (Å²) in [5.41, 5.74) is 0. The predicted molar refractivity (Wildman–Crippen MR) is 302 cm³/mol. The van der Waals surface area contributed by atoms with Crippen LogP contribution in [-0.2, 0) is 28.6 Å². The van der Waals surface area contributed by atoms with E-state index in [0.29, 0.717) is 19.3 Å². The first-order valence-electron chi connectivity index (χ1n) is 29.3. The highest BCUT2D eigenvalue weighted by atomic mass is 16.6. The molecule has 1 unspecified atom stereocenters. The first kappa shape index (κ1) is 66.3. The zero-order valence-corrected chi connectivity index (χ0v) is 45.8. The second-order valence-corrected chi connectivity index (χ2v) is 19.3. The number of ether oxygens (including phenoxy) is 3. The molecule has 0 radical (unpaired) electrons. The minimum atomic E-state index is -0.793. The predicted octanol–water partition coefficient (Wildman–Crippen LogP) is 19.7. The summed E-state index contributed by atoms with van der Waals surface area (Å²) < 4.78 is 16.9. The average Bonchev–Trinajstić information content (AvgIpc) is 3.36. The van der Waals surface area contributed by atoms with Crippen molar-refractivity contribution in [2.24, 2.45) is 0 Å². The molecular formula is C64H108O6. The average molecular weight is 974 g/mol. The smallest absolute Gasteiger partial charge is 0.306 e. The summed E-state index contributed by atoms with van der Waals surface area (Å²) in [5.74, 6) is -0.912. The number of rotatable bonds is 52. The zero-order valence-electron chi connectivity index (χ0n) is 45.8. The van der Waals surface area contributed by atoms with Crippen LogP contribution in [0.5, 0.6) is 0 Å². The topological polar surface area (TPSA) is 78.9 Å². The van der Waals surface area contributed by atoms with Gasteiger partial charge in [-0.3, -0.25) is 14.4 Å². The number of esters is 3. The molecule has 0 aromatic rings. The summed E-state index contributed by atoms with van der Waals surface area (Å²) in [6, 6.07) is 0. The van der Waals surface area contributed by atoms with Gasteiger partial charge in [-0.2, -0.15) is 0 Å². The maximum absolute atomic E-state index is 12.9. The Hall–Kier alpha value is -3.67. The lowest BCUT2D eigenvalue weighted by Crippen LogP contribution is -2.30. The van der Waals surface area contributed by atoms with Crippen molar-refractivity contribution in [2.75, 3.05) is 13.2 Å². The molecule has 70 heavy (non-hydrogen) atoms.